The van der Waals surface area contributed by atoms with Crippen LogP contribution in [0.2, 0.25) is 10.0 Å². The van der Waals surface area contributed by atoms with Crippen molar-refractivity contribution in [3.63, 3.8) is 0 Å². The molecule has 0 saturated heterocycles. The van der Waals surface area contributed by atoms with E-state index in [2.05, 4.69) is 39.9 Å². The Morgan fingerprint density at radius 1 is 0.900 bits per heavy atom. The van der Waals surface area contributed by atoms with Crippen LogP contribution in [-0.4, -0.2) is 12.1 Å². The summed E-state index contributed by atoms with van der Waals surface area (Å²) < 4.78 is 24.9. The van der Waals surface area contributed by atoms with Gasteiger partial charge in [0.05, 0.1) is 11.6 Å². The van der Waals surface area contributed by atoms with Crippen molar-refractivity contribution in [2.24, 2.45) is 5.41 Å². The van der Waals surface area contributed by atoms with Crippen LogP contribution in [-0.2, 0) is 13.2 Å². The Morgan fingerprint density at radius 2 is 1.53 bits per heavy atom. The summed E-state index contributed by atoms with van der Waals surface area (Å²) in [6.45, 7) is 14.3. The number of rotatable bonds is 9. The van der Waals surface area contributed by atoms with E-state index in [1.165, 1.54) is 12.1 Å². The summed E-state index contributed by atoms with van der Waals surface area (Å²) >= 11 is 12.6. The van der Waals surface area contributed by atoms with Crippen molar-refractivity contribution in [2.75, 3.05) is 6.61 Å². The zero-order chi connectivity index (χ0) is 22.5. The lowest BCUT2D eigenvalue weighted by molar-refractivity contribution is 0.240. The Morgan fingerprint density at radius 3 is 2.13 bits per heavy atom. The van der Waals surface area contributed by atoms with Crippen molar-refractivity contribution in [2.45, 2.75) is 66.7 Å². The molecule has 0 radical (unpaired) electrons. The predicted octanol–water partition coefficient (Wildman–Crippen LogP) is 7.41. The Bertz CT molecular complexity index is 863. The van der Waals surface area contributed by atoms with Gasteiger partial charge in [0.15, 0.2) is 11.5 Å². The molecule has 30 heavy (non-hydrogen) atoms. The maximum Gasteiger partial charge on any atom is 0.163 e. The lowest BCUT2D eigenvalue weighted by Gasteiger charge is -2.33. The number of hydrogen-bond acceptors (Lipinski definition) is 3. The highest BCUT2D eigenvalue weighted by molar-refractivity contribution is 6.31. The molecule has 2 aromatic carbocycles. The van der Waals surface area contributed by atoms with E-state index in [1.807, 2.05) is 13.0 Å². The zero-order valence-electron chi connectivity index (χ0n) is 18.7. The number of hydrogen-bond donors (Lipinski definition) is 1. The van der Waals surface area contributed by atoms with Crippen molar-refractivity contribution < 1.29 is 13.9 Å². The molecule has 3 nitrogen and oxygen atoms in total. The summed E-state index contributed by atoms with van der Waals surface area (Å²) in [5, 5.41) is 4.51. The highest BCUT2D eigenvalue weighted by atomic mass is 35.5. The molecular formula is C24H32Cl2FNO2. The first kappa shape index (κ1) is 24.8. The van der Waals surface area contributed by atoms with E-state index in [1.54, 1.807) is 12.1 Å². The molecule has 0 unspecified atom stereocenters. The number of ether oxygens (including phenoxy) is 2. The molecule has 0 heterocycles. The summed E-state index contributed by atoms with van der Waals surface area (Å²) in [4.78, 5) is 0. The summed E-state index contributed by atoms with van der Waals surface area (Å²) in [6.07, 6.45) is 1.02. The molecule has 2 aromatic rings. The van der Waals surface area contributed by atoms with Crippen molar-refractivity contribution in [1.29, 1.82) is 0 Å². The van der Waals surface area contributed by atoms with Gasteiger partial charge < -0.3 is 14.8 Å². The minimum atomic E-state index is -0.381. The summed E-state index contributed by atoms with van der Waals surface area (Å²) in [7, 11) is 0. The standard InChI is InChI=1S/C24H32Cl2FNO2/c1-7-29-21-10-17(13-28-24(5,6)15-23(2,3)4)20(26)12-22(21)30-14-16-8-9-18(27)11-19(16)25/h8-12,28H,7,13-15H2,1-6H3. The van der Waals surface area contributed by atoms with Gasteiger partial charge in [-0.3, -0.25) is 0 Å². The molecule has 0 aliphatic heterocycles. The van der Waals surface area contributed by atoms with Crippen LogP contribution in [0.1, 0.15) is 59.1 Å². The van der Waals surface area contributed by atoms with E-state index >= 15 is 0 Å². The van der Waals surface area contributed by atoms with Gasteiger partial charge in [-0.15, -0.1) is 0 Å². The second-order valence-electron chi connectivity index (χ2n) is 9.32. The van der Waals surface area contributed by atoms with E-state index < -0.39 is 0 Å². The summed E-state index contributed by atoms with van der Waals surface area (Å²) in [5.41, 5.74) is 1.80. The average molecular weight is 456 g/mol. The molecule has 0 saturated carbocycles. The Kier molecular flexibility index (Phi) is 8.43. The first-order valence-electron chi connectivity index (χ1n) is 10.2. The monoisotopic (exact) mass is 455 g/mol. The quantitative estimate of drug-likeness (QED) is 0.426. The minimum Gasteiger partial charge on any atom is -0.490 e. The first-order valence-corrected chi connectivity index (χ1v) is 10.9. The molecule has 0 fully saturated rings. The SMILES string of the molecule is CCOc1cc(CNC(C)(C)CC(C)(C)C)c(Cl)cc1OCc1ccc(F)cc1Cl. The third-order valence-corrected chi connectivity index (χ3v) is 5.24. The average Bonchev–Trinajstić information content (AvgIpc) is 2.60. The zero-order valence-corrected chi connectivity index (χ0v) is 20.2. The Labute approximate surface area is 189 Å². The van der Waals surface area contributed by atoms with Crippen LogP contribution < -0.4 is 14.8 Å². The number of nitrogens with one attached hydrogen (secondary N) is 1. The third-order valence-electron chi connectivity index (χ3n) is 4.54. The first-order chi connectivity index (χ1) is 13.9. The van der Waals surface area contributed by atoms with Crippen molar-refractivity contribution in [3.8, 4) is 11.5 Å². The largest absolute Gasteiger partial charge is 0.490 e. The van der Waals surface area contributed by atoms with Gasteiger partial charge in [0.25, 0.3) is 0 Å². The van der Waals surface area contributed by atoms with Crippen LogP contribution in [0.5, 0.6) is 11.5 Å². The summed E-state index contributed by atoms with van der Waals surface area (Å²) in [6, 6.07) is 7.90. The topological polar surface area (TPSA) is 30.5 Å². The predicted molar refractivity (Wildman–Crippen MR) is 123 cm³/mol. The van der Waals surface area contributed by atoms with Gasteiger partial charge in [-0.25, -0.2) is 4.39 Å². The van der Waals surface area contributed by atoms with Gasteiger partial charge in [-0.2, -0.15) is 0 Å². The van der Waals surface area contributed by atoms with Crippen LogP contribution >= 0.6 is 23.2 Å². The van der Waals surface area contributed by atoms with E-state index in [4.69, 9.17) is 32.7 Å². The van der Waals surface area contributed by atoms with Gasteiger partial charge in [0.1, 0.15) is 12.4 Å². The lowest BCUT2D eigenvalue weighted by atomic mass is 9.82. The number of benzene rings is 2. The highest BCUT2D eigenvalue weighted by Crippen LogP contribution is 2.35. The fourth-order valence-electron chi connectivity index (χ4n) is 3.61. The van der Waals surface area contributed by atoms with E-state index in [0.29, 0.717) is 40.3 Å². The van der Waals surface area contributed by atoms with Gasteiger partial charge in [0, 0.05) is 28.7 Å². The maximum atomic E-state index is 13.3. The van der Waals surface area contributed by atoms with Gasteiger partial charge in [0.2, 0.25) is 0 Å². The molecule has 0 amide bonds. The van der Waals surface area contributed by atoms with E-state index in [-0.39, 0.29) is 23.4 Å². The molecule has 6 heteroatoms. The molecule has 0 aromatic heterocycles. The number of halogens is 3. The molecule has 0 aliphatic rings. The third kappa shape index (κ3) is 7.64. The molecule has 0 atom stereocenters. The molecule has 0 bridgehead atoms. The second kappa shape index (κ2) is 10.2. The van der Waals surface area contributed by atoms with Gasteiger partial charge in [-0.1, -0.05) is 50.0 Å². The Balaban J connectivity index is 2.16. The van der Waals surface area contributed by atoms with E-state index in [0.717, 1.165) is 12.0 Å². The molecule has 0 aliphatic carbocycles. The molecule has 166 valence electrons. The minimum absolute atomic E-state index is 0.0398. The summed E-state index contributed by atoms with van der Waals surface area (Å²) in [5.74, 6) is 0.763. The van der Waals surface area contributed by atoms with Crippen LogP contribution in [0.15, 0.2) is 30.3 Å². The fraction of sp³-hybridized carbons (Fsp3) is 0.500. The molecular weight excluding hydrogens is 424 g/mol. The molecule has 2 rings (SSSR count). The van der Waals surface area contributed by atoms with Gasteiger partial charge >= 0.3 is 0 Å². The molecule has 1 N–H and O–H groups in total. The van der Waals surface area contributed by atoms with Crippen molar-refractivity contribution in [1.82, 2.24) is 5.32 Å². The van der Waals surface area contributed by atoms with E-state index in [9.17, 15) is 4.39 Å². The highest BCUT2D eigenvalue weighted by Gasteiger charge is 2.25. The second-order valence-corrected chi connectivity index (χ2v) is 10.1. The van der Waals surface area contributed by atoms with Crippen molar-refractivity contribution >= 4 is 23.2 Å². The van der Waals surface area contributed by atoms with Crippen LogP contribution in [0.3, 0.4) is 0 Å². The smallest absolute Gasteiger partial charge is 0.163 e. The normalized spacial score (nSPS) is 12.2. The van der Waals surface area contributed by atoms with Gasteiger partial charge in [-0.05, 0) is 56.4 Å². The van der Waals surface area contributed by atoms with Crippen molar-refractivity contribution in [3.05, 3.63) is 57.3 Å². The van der Waals surface area contributed by atoms with Crippen LogP contribution in [0.4, 0.5) is 4.39 Å². The Hall–Kier alpha value is -1.49. The molecule has 0 spiro atoms. The lowest BCUT2D eigenvalue weighted by Crippen LogP contribution is -2.41. The van der Waals surface area contributed by atoms with Crippen LogP contribution in [0, 0.1) is 11.2 Å². The fourth-order valence-corrected chi connectivity index (χ4v) is 4.05. The maximum absolute atomic E-state index is 13.3. The van der Waals surface area contributed by atoms with Crippen LogP contribution in [0.25, 0.3) is 0 Å².